The van der Waals surface area contributed by atoms with Gasteiger partial charge in [0.15, 0.2) is 5.78 Å². The van der Waals surface area contributed by atoms with E-state index in [2.05, 4.69) is 14.0 Å². The molecule has 1 heterocycles. The van der Waals surface area contributed by atoms with Gasteiger partial charge in [0.2, 0.25) is 0 Å². The number of ketones is 1. The first kappa shape index (κ1) is 26.6. The van der Waals surface area contributed by atoms with Gasteiger partial charge in [-0.25, -0.2) is 4.79 Å². The number of carbonyl (C=O) groups is 5. The summed E-state index contributed by atoms with van der Waals surface area (Å²) in [7, 11) is -2.41. The number of carbonyl (C=O) groups excluding carboxylic acids is 5. The molecule has 0 bridgehead atoms. The molecule has 1 rings (SSSR count). The summed E-state index contributed by atoms with van der Waals surface area (Å²) in [5.41, 5.74) is -0.476. The van der Waals surface area contributed by atoms with Crippen LogP contribution < -0.4 is 29.6 Å². The van der Waals surface area contributed by atoms with Crippen molar-refractivity contribution in [1.82, 2.24) is 4.90 Å². The van der Waals surface area contributed by atoms with E-state index in [0.717, 1.165) is 20.8 Å². The van der Waals surface area contributed by atoms with Crippen molar-refractivity contribution in [1.29, 1.82) is 0 Å². The van der Waals surface area contributed by atoms with Gasteiger partial charge < -0.3 is 18.7 Å². The molecule has 0 aliphatic carbocycles. The summed E-state index contributed by atoms with van der Waals surface area (Å²) >= 11 is 0. The van der Waals surface area contributed by atoms with Crippen molar-refractivity contribution < 1.29 is 72.2 Å². The molecule has 1 amide bonds. The van der Waals surface area contributed by atoms with Crippen LogP contribution in [0.2, 0.25) is 0 Å². The van der Waals surface area contributed by atoms with Crippen LogP contribution in [0.1, 0.15) is 41.5 Å². The molecule has 0 N–H and O–H groups in total. The zero-order chi connectivity index (χ0) is 19.8. The average molecular weight is 383 g/mol. The van der Waals surface area contributed by atoms with Crippen LogP contribution >= 0.6 is 0 Å². The number of rotatable bonds is 3. The van der Waals surface area contributed by atoms with E-state index in [1.807, 2.05) is 0 Å². The molecule has 1 saturated heterocycles. The van der Waals surface area contributed by atoms with Crippen LogP contribution in [0.5, 0.6) is 0 Å². The SMILES string of the molecule is CC(=O)O[BH-](OC(C)=O)OC(C)=O.CC(C)(C)OC(=O)N1CC(=O)C1.[Na+]. The van der Waals surface area contributed by atoms with E-state index in [1.54, 1.807) is 20.8 Å². The second-order valence-electron chi connectivity index (χ2n) is 6.14. The Hall–Kier alpha value is -1.59. The molecule has 0 aromatic rings. The molecule has 1 aliphatic rings. The topological polar surface area (TPSA) is 126 Å². The molecule has 142 valence electrons. The predicted octanol–water partition coefficient (Wildman–Crippen LogP) is -2.80. The Morgan fingerprint density at radius 2 is 1.23 bits per heavy atom. The maximum absolute atomic E-state index is 11.1. The smallest absolute Gasteiger partial charge is 0.625 e. The molecule has 1 fully saturated rings. The third-order valence-corrected chi connectivity index (χ3v) is 2.35. The fourth-order valence-corrected chi connectivity index (χ4v) is 1.42. The van der Waals surface area contributed by atoms with Gasteiger partial charge in [0.05, 0.1) is 13.1 Å². The predicted molar refractivity (Wildman–Crippen MR) is 85.3 cm³/mol. The van der Waals surface area contributed by atoms with Gasteiger partial charge in [-0.05, 0) is 20.8 Å². The van der Waals surface area contributed by atoms with E-state index in [9.17, 15) is 24.0 Å². The molecule has 0 saturated carbocycles. The van der Waals surface area contributed by atoms with Crippen LogP contribution in [0.15, 0.2) is 0 Å². The number of amides is 1. The second kappa shape index (κ2) is 11.9. The van der Waals surface area contributed by atoms with Gasteiger partial charge >= 0.3 is 43.0 Å². The molecule has 0 aromatic heterocycles. The number of hydrogen-bond donors (Lipinski definition) is 0. The van der Waals surface area contributed by atoms with Gasteiger partial charge in [-0.1, -0.05) is 0 Å². The minimum absolute atomic E-state index is 0. The van der Waals surface area contributed by atoms with Crippen molar-refractivity contribution in [3.05, 3.63) is 0 Å². The monoisotopic (exact) mass is 383 g/mol. The van der Waals surface area contributed by atoms with Crippen LogP contribution in [-0.4, -0.2) is 60.7 Å². The van der Waals surface area contributed by atoms with Gasteiger partial charge in [-0.15, -0.1) is 0 Å². The fraction of sp³-hybridized carbons (Fsp3) is 0.643. The van der Waals surface area contributed by atoms with E-state index in [0.29, 0.717) is 0 Å². The summed E-state index contributed by atoms with van der Waals surface area (Å²) in [4.78, 5) is 54.4. The Balaban J connectivity index is 0. The minimum Gasteiger partial charge on any atom is -0.625 e. The minimum atomic E-state index is -2.41. The number of likely N-dealkylation sites (tertiary alicyclic amines) is 1. The molecule has 0 spiro atoms. The zero-order valence-corrected chi connectivity index (χ0v) is 18.2. The summed E-state index contributed by atoms with van der Waals surface area (Å²) in [6.07, 6.45) is -0.401. The molecule has 26 heavy (non-hydrogen) atoms. The van der Waals surface area contributed by atoms with Crippen molar-refractivity contribution in [2.75, 3.05) is 13.1 Å². The Morgan fingerprint density at radius 1 is 0.885 bits per heavy atom. The third kappa shape index (κ3) is 13.7. The third-order valence-electron chi connectivity index (χ3n) is 2.35. The molecule has 1 aliphatic heterocycles. The van der Waals surface area contributed by atoms with Gasteiger partial charge in [0.25, 0.3) is 17.9 Å². The van der Waals surface area contributed by atoms with Crippen molar-refractivity contribution in [3.63, 3.8) is 0 Å². The van der Waals surface area contributed by atoms with E-state index in [4.69, 9.17) is 4.74 Å². The van der Waals surface area contributed by atoms with Crippen LogP contribution in [0.3, 0.4) is 0 Å². The van der Waals surface area contributed by atoms with Crippen molar-refractivity contribution in [2.45, 2.75) is 47.1 Å². The summed E-state index contributed by atoms with van der Waals surface area (Å²) < 4.78 is 18.3. The Kier molecular flexibility index (Phi) is 12.2. The van der Waals surface area contributed by atoms with E-state index in [1.165, 1.54) is 4.90 Å². The summed E-state index contributed by atoms with van der Waals surface area (Å²) in [6.45, 7) is 9.16. The Labute approximate surface area is 174 Å². The maximum atomic E-state index is 11.1. The number of ether oxygens (including phenoxy) is 1. The summed E-state index contributed by atoms with van der Waals surface area (Å²) in [6, 6.07) is 0. The maximum Gasteiger partial charge on any atom is 1.00 e. The van der Waals surface area contributed by atoms with E-state index >= 15 is 0 Å². The zero-order valence-electron chi connectivity index (χ0n) is 16.2. The quantitative estimate of drug-likeness (QED) is 0.475. The molecule has 0 atom stereocenters. The number of nitrogens with zero attached hydrogens (tertiary/aromatic N) is 1. The molecule has 12 heteroatoms. The standard InChI is InChI=1S/C8H13NO3.C6H10BO6.Na/c1-8(2,3)12-7(11)9-4-6(10)5-9;1-4(8)11-7(12-5(2)9)13-6(3)10;/h4-5H2,1-3H3;7H,1-3H3;/q;-1;+1. The van der Waals surface area contributed by atoms with Crippen LogP contribution in [-0.2, 0) is 37.9 Å². The van der Waals surface area contributed by atoms with Gasteiger partial charge in [0, 0.05) is 20.8 Å². The average Bonchev–Trinajstić information content (AvgIpc) is 2.30. The Morgan fingerprint density at radius 3 is 1.46 bits per heavy atom. The largest absolute Gasteiger partial charge is 1.00 e. The normalized spacial score (nSPS) is 12.6. The van der Waals surface area contributed by atoms with Crippen LogP contribution in [0, 0.1) is 0 Å². The molecule has 0 aromatic carbocycles. The summed E-state index contributed by atoms with van der Waals surface area (Å²) in [5.74, 6) is -1.95. The van der Waals surface area contributed by atoms with Crippen molar-refractivity contribution in [2.24, 2.45) is 0 Å². The number of Topliss-reactive ketones (excluding diaryl/α,β-unsaturated/α-hetero) is 1. The first-order valence-electron chi connectivity index (χ1n) is 7.47. The molecular weight excluding hydrogens is 360 g/mol. The first-order valence-corrected chi connectivity index (χ1v) is 7.47. The van der Waals surface area contributed by atoms with Gasteiger partial charge in [-0.3, -0.25) is 24.1 Å². The number of hydrogen-bond acceptors (Lipinski definition) is 9. The molecular formula is C14H23BNNaO9. The van der Waals surface area contributed by atoms with Crippen molar-refractivity contribution >= 4 is 37.1 Å². The van der Waals surface area contributed by atoms with Gasteiger partial charge in [0.1, 0.15) is 5.60 Å². The molecule has 0 unspecified atom stereocenters. The molecule has 0 radical (unpaired) electrons. The fourth-order valence-electron chi connectivity index (χ4n) is 1.42. The van der Waals surface area contributed by atoms with Gasteiger partial charge in [-0.2, -0.15) is 0 Å². The van der Waals surface area contributed by atoms with Crippen LogP contribution in [0.25, 0.3) is 0 Å². The van der Waals surface area contributed by atoms with E-state index in [-0.39, 0.29) is 48.4 Å². The second-order valence-corrected chi connectivity index (χ2v) is 6.14. The van der Waals surface area contributed by atoms with Crippen LogP contribution in [0.4, 0.5) is 4.79 Å². The van der Waals surface area contributed by atoms with E-state index < -0.39 is 36.9 Å². The molecule has 10 nitrogen and oxygen atoms in total. The Bertz CT molecular complexity index is 501. The van der Waals surface area contributed by atoms with Crippen molar-refractivity contribution in [3.8, 4) is 0 Å². The summed E-state index contributed by atoms with van der Waals surface area (Å²) in [5, 5.41) is 0. The first-order chi connectivity index (χ1) is 11.3.